The van der Waals surface area contributed by atoms with Gasteiger partial charge in [-0.1, -0.05) is 48.5 Å². The van der Waals surface area contributed by atoms with Crippen LogP contribution in [0.5, 0.6) is 0 Å². The first-order valence-electron chi connectivity index (χ1n) is 9.71. The summed E-state index contributed by atoms with van der Waals surface area (Å²) in [6.45, 7) is 4.12. The summed E-state index contributed by atoms with van der Waals surface area (Å²) in [6, 6.07) is 19.3. The van der Waals surface area contributed by atoms with Crippen molar-refractivity contribution in [2.75, 3.05) is 26.2 Å². The van der Waals surface area contributed by atoms with Crippen LogP contribution < -0.4 is 0 Å². The number of carbonyl (C=O) groups excluding carboxylic acids is 1. The third-order valence-electron chi connectivity index (χ3n) is 5.88. The number of ether oxygens (including phenoxy) is 1. The van der Waals surface area contributed by atoms with Crippen molar-refractivity contribution in [1.82, 2.24) is 9.80 Å². The van der Waals surface area contributed by atoms with Gasteiger partial charge in [-0.2, -0.15) is 0 Å². The summed E-state index contributed by atoms with van der Waals surface area (Å²) >= 11 is 1.72. The van der Waals surface area contributed by atoms with Gasteiger partial charge in [0.15, 0.2) is 0 Å². The lowest BCUT2D eigenvalue weighted by Gasteiger charge is -2.36. The van der Waals surface area contributed by atoms with E-state index in [2.05, 4.69) is 59.5 Å². The SMILES string of the molecule is O=C([C@@H]1Cc2ccccc2S1)N1C[C@H]2OCCN(Cc3ccccc3)[C@H]2C1. The second-order valence-electron chi connectivity index (χ2n) is 7.59. The number of rotatable bonds is 3. The van der Waals surface area contributed by atoms with E-state index in [9.17, 15) is 4.79 Å². The van der Waals surface area contributed by atoms with Gasteiger partial charge in [0.2, 0.25) is 5.91 Å². The number of thioether (sulfide) groups is 1. The quantitative estimate of drug-likeness (QED) is 0.820. The van der Waals surface area contributed by atoms with Gasteiger partial charge in [-0.25, -0.2) is 0 Å². The molecule has 3 heterocycles. The highest BCUT2D eigenvalue weighted by molar-refractivity contribution is 8.01. The molecule has 3 aliphatic rings. The topological polar surface area (TPSA) is 32.8 Å². The van der Waals surface area contributed by atoms with Gasteiger partial charge in [0.25, 0.3) is 0 Å². The maximum atomic E-state index is 13.2. The number of hydrogen-bond donors (Lipinski definition) is 0. The monoisotopic (exact) mass is 380 g/mol. The zero-order valence-electron chi connectivity index (χ0n) is 15.3. The van der Waals surface area contributed by atoms with E-state index in [-0.39, 0.29) is 17.3 Å². The molecule has 5 rings (SSSR count). The summed E-state index contributed by atoms with van der Waals surface area (Å²) in [4.78, 5) is 19.0. The molecule has 1 amide bonds. The van der Waals surface area contributed by atoms with E-state index in [0.29, 0.717) is 6.04 Å². The van der Waals surface area contributed by atoms with Gasteiger partial charge in [-0.05, 0) is 23.6 Å². The standard InChI is InChI=1S/C22H24N2O2S/c25-22(21-12-17-8-4-5-9-20(17)27-21)24-14-18-19(15-24)26-11-10-23(18)13-16-6-2-1-3-7-16/h1-9,18-19,21H,10-15H2/t18-,19+,21-/m0/s1. The smallest absolute Gasteiger partial charge is 0.236 e. The van der Waals surface area contributed by atoms with Crippen molar-refractivity contribution in [2.24, 2.45) is 0 Å². The molecule has 2 fully saturated rings. The summed E-state index contributed by atoms with van der Waals surface area (Å²) < 4.78 is 6.03. The molecule has 0 saturated carbocycles. The number of likely N-dealkylation sites (tertiary alicyclic amines) is 1. The number of hydrogen-bond acceptors (Lipinski definition) is 4. The number of morpholine rings is 1. The van der Waals surface area contributed by atoms with E-state index < -0.39 is 0 Å². The van der Waals surface area contributed by atoms with Crippen LogP contribution in [-0.2, 0) is 22.5 Å². The second kappa shape index (κ2) is 7.30. The third-order valence-corrected chi connectivity index (χ3v) is 7.18. The van der Waals surface area contributed by atoms with Crippen LogP contribution in [0, 0.1) is 0 Å². The first-order valence-corrected chi connectivity index (χ1v) is 10.6. The number of benzene rings is 2. The summed E-state index contributed by atoms with van der Waals surface area (Å²) in [6.07, 6.45) is 0.986. The van der Waals surface area contributed by atoms with Gasteiger partial charge >= 0.3 is 0 Å². The first-order chi connectivity index (χ1) is 13.3. The van der Waals surface area contributed by atoms with Crippen molar-refractivity contribution in [3.63, 3.8) is 0 Å². The van der Waals surface area contributed by atoms with Gasteiger partial charge in [0.1, 0.15) is 0 Å². The van der Waals surface area contributed by atoms with Crippen LogP contribution in [0.3, 0.4) is 0 Å². The minimum absolute atomic E-state index is 0.0186. The van der Waals surface area contributed by atoms with E-state index in [0.717, 1.165) is 39.2 Å². The van der Waals surface area contributed by atoms with Crippen LogP contribution in [0.15, 0.2) is 59.5 Å². The minimum Gasteiger partial charge on any atom is -0.373 e. The van der Waals surface area contributed by atoms with Crippen LogP contribution >= 0.6 is 11.8 Å². The molecule has 4 nitrogen and oxygen atoms in total. The highest BCUT2D eigenvalue weighted by Gasteiger charge is 2.43. The van der Waals surface area contributed by atoms with E-state index in [1.165, 1.54) is 16.0 Å². The molecule has 3 aliphatic heterocycles. The Kier molecular flexibility index (Phi) is 4.68. The average molecular weight is 381 g/mol. The predicted octanol–water partition coefficient (Wildman–Crippen LogP) is 2.82. The molecule has 27 heavy (non-hydrogen) atoms. The lowest BCUT2D eigenvalue weighted by Crippen LogP contribution is -2.50. The molecule has 0 unspecified atom stereocenters. The summed E-state index contributed by atoms with van der Waals surface area (Å²) in [5.41, 5.74) is 2.63. The molecule has 0 N–H and O–H groups in total. The number of amides is 1. The molecule has 0 spiro atoms. The molecule has 0 aromatic heterocycles. The zero-order valence-corrected chi connectivity index (χ0v) is 16.1. The van der Waals surface area contributed by atoms with E-state index in [1.54, 1.807) is 11.8 Å². The molecular formula is C22H24N2O2S. The van der Waals surface area contributed by atoms with E-state index >= 15 is 0 Å². The molecule has 2 aromatic rings. The Hall–Kier alpha value is -1.82. The Morgan fingerprint density at radius 1 is 1.07 bits per heavy atom. The average Bonchev–Trinajstić information content (AvgIpc) is 3.33. The van der Waals surface area contributed by atoms with Crippen LogP contribution in [0.1, 0.15) is 11.1 Å². The van der Waals surface area contributed by atoms with Crippen LogP contribution in [0.25, 0.3) is 0 Å². The normalized spacial score (nSPS) is 27.4. The number of carbonyl (C=O) groups is 1. The fourth-order valence-electron chi connectivity index (χ4n) is 4.48. The molecular weight excluding hydrogens is 356 g/mol. The molecule has 0 radical (unpaired) electrons. The Balaban J connectivity index is 1.26. The van der Waals surface area contributed by atoms with Gasteiger partial charge in [-0.3, -0.25) is 9.69 Å². The van der Waals surface area contributed by atoms with E-state index in [1.807, 2.05) is 4.90 Å². The first kappa shape index (κ1) is 17.3. The predicted molar refractivity (Wildman–Crippen MR) is 107 cm³/mol. The molecule has 2 aromatic carbocycles. The lowest BCUT2D eigenvalue weighted by molar-refractivity contribution is -0.130. The fraction of sp³-hybridized carbons (Fsp3) is 0.409. The molecule has 3 atom stereocenters. The van der Waals surface area contributed by atoms with Gasteiger partial charge in [-0.15, -0.1) is 11.8 Å². The van der Waals surface area contributed by atoms with Crippen LogP contribution in [-0.4, -0.2) is 59.3 Å². The minimum atomic E-state index is 0.0186. The Morgan fingerprint density at radius 3 is 2.74 bits per heavy atom. The Bertz CT molecular complexity index is 803. The van der Waals surface area contributed by atoms with Crippen molar-refractivity contribution in [3.8, 4) is 0 Å². The molecule has 2 saturated heterocycles. The summed E-state index contributed by atoms with van der Waals surface area (Å²) in [5.74, 6) is 0.272. The second-order valence-corrected chi connectivity index (χ2v) is 8.84. The largest absolute Gasteiger partial charge is 0.373 e. The van der Waals surface area contributed by atoms with E-state index in [4.69, 9.17) is 4.74 Å². The van der Waals surface area contributed by atoms with Crippen LogP contribution in [0.2, 0.25) is 0 Å². The summed E-state index contributed by atoms with van der Waals surface area (Å²) in [7, 11) is 0. The van der Waals surface area contributed by atoms with Gasteiger partial charge in [0.05, 0.1) is 24.0 Å². The van der Waals surface area contributed by atoms with Gasteiger partial charge < -0.3 is 9.64 Å². The van der Waals surface area contributed by atoms with Gasteiger partial charge in [0, 0.05) is 31.1 Å². The van der Waals surface area contributed by atoms with Crippen LogP contribution in [0.4, 0.5) is 0 Å². The highest BCUT2D eigenvalue weighted by atomic mass is 32.2. The maximum absolute atomic E-state index is 13.2. The zero-order chi connectivity index (χ0) is 18.2. The number of fused-ring (bicyclic) bond motifs is 2. The molecule has 0 aliphatic carbocycles. The van der Waals surface area contributed by atoms with Crippen molar-refractivity contribution >= 4 is 17.7 Å². The van der Waals surface area contributed by atoms with Crippen molar-refractivity contribution in [3.05, 3.63) is 65.7 Å². The Morgan fingerprint density at radius 2 is 1.89 bits per heavy atom. The third kappa shape index (κ3) is 3.40. The van der Waals surface area contributed by atoms with Crippen molar-refractivity contribution in [1.29, 1.82) is 0 Å². The maximum Gasteiger partial charge on any atom is 0.236 e. The fourth-order valence-corrected chi connectivity index (χ4v) is 5.76. The lowest BCUT2D eigenvalue weighted by atomic mass is 10.1. The highest BCUT2D eigenvalue weighted by Crippen LogP contribution is 2.38. The Labute approximate surface area is 164 Å². The summed E-state index contributed by atoms with van der Waals surface area (Å²) in [5, 5.41) is 0.0186. The van der Waals surface area contributed by atoms with Crippen molar-refractivity contribution in [2.45, 2.75) is 35.3 Å². The molecule has 5 heteroatoms. The molecule has 140 valence electrons. The van der Waals surface area contributed by atoms with Crippen molar-refractivity contribution < 1.29 is 9.53 Å². The molecule has 0 bridgehead atoms. The number of nitrogens with zero attached hydrogens (tertiary/aromatic N) is 2.